The molecule has 134 valence electrons. The quantitative estimate of drug-likeness (QED) is 0.657. The fraction of sp³-hybridized carbons (Fsp3) is 0.300. The monoisotopic (exact) mass is 351 g/mol. The number of carbonyl (C=O) groups is 1. The number of nitrogens with zero attached hydrogens (tertiary/aromatic N) is 3. The molecule has 0 unspecified atom stereocenters. The Bertz CT molecular complexity index is 917. The smallest absolute Gasteiger partial charge is 0.261 e. The maximum Gasteiger partial charge on any atom is 0.261 e. The molecule has 0 bridgehead atoms. The SMILES string of the molecule is COc1cccc(OCC(=O)N(Cc2cnc3ccccn23)C2CC2)c1. The Labute approximate surface area is 152 Å². The lowest BCUT2D eigenvalue weighted by molar-refractivity contribution is -0.134. The Hall–Kier alpha value is -3.02. The number of methoxy groups -OCH3 is 1. The van der Waals surface area contributed by atoms with Crippen molar-refractivity contribution in [3.8, 4) is 11.5 Å². The number of amides is 1. The molecule has 1 aliphatic rings. The maximum atomic E-state index is 12.8. The van der Waals surface area contributed by atoms with Crippen molar-refractivity contribution in [3.05, 3.63) is 60.6 Å². The van der Waals surface area contributed by atoms with Gasteiger partial charge in [0.25, 0.3) is 5.91 Å². The van der Waals surface area contributed by atoms with Gasteiger partial charge in [-0.3, -0.25) is 4.79 Å². The molecule has 6 heteroatoms. The van der Waals surface area contributed by atoms with E-state index < -0.39 is 0 Å². The van der Waals surface area contributed by atoms with Crippen LogP contribution in [-0.2, 0) is 11.3 Å². The van der Waals surface area contributed by atoms with Crippen LogP contribution in [0.2, 0.25) is 0 Å². The summed E-state index contributed by atoms with van der Waals surface area (Å²) in [6, 6.07) is 13.5. The molecular weight excluding hydrogens is 330 g/mol. The van der Waals surface area contributed by atoms with Gasteiger partial charge in [-0.15, -0.1) is 0 Å². The summed E-state index contributed by atoms with van der Waals surface area (Å²) in [5.41, 5.74) is 1.89. The van der Waals surface area contributed by atoms with Gasteiger partial charge < -0.3 is 18.8 Å². The van der Waals surface area contributed by atoms with Crippen molar-refractivity contribution < 1.29 is 14.3 Å². The first-order valence-corrected chi connectivity index (χ1v) is 8.72. The molecule has 6 nitrogen and oxygen atoms in total. The zero-order chi connectivity index (χ0) is 17.9. The van der Waals surface area contributed by atoms with E-state index in [0.717, 1.165) is 24.2 Å². The van der Waals surface area contributed by atoms with E-state index in [-0.39, 0.29) is 12.5 Å². The number of hydrogen-bond acceptors (Lipinski definition) is 4. The molecule has 1 saturated carbocycles. The molecule has 1 aliphatic carbocycles. The van der Waals surface area contributed by atoms with Crippen LogP contribution in [0, 0.1) is 0 Å². The normalized spacial score (nSPS) is 13.6. The first kappa shape index (κ1) is 16.4. The van der Waals surface area contributed by atoms with Gasteiger partial charge in [-0.1, -0.05) is 12.1 Å². The molecular formula is C20H21N3O3. The van der Waals surface area contributed by atoms with E-state index >= 15 is 0 Å². The highest BCUT2D eigenvalue weighted by Crippen LogP contribution is 2.29. The molecule has 1 fully saturated rings. The zero-order valence-corrected chi connectivity index (χ0v) is 14.7. The van der Waals surface area contributed by atoms with Gasteiger partial charge in [0.1, 0.15) is 17.1 Å². The van der Waals surface area contributed by atoms with Crippen molar-refractivity contribution >= 4 is 11.6 Å². The fourth-order valence-electron chi connectivity index (χ4n) is 3.00. The van der Waals surface area contributed by atoms with Gasteiger partial charge in [-0.2, -0.15) is 0 Å². The third-order valence-corrected chi connectivity index (χ3v) is 4.54. The summed E-state index contributed by atoms with van der Waals surface area (Å²) in [7, 11) is 1.61. The minimum Gasteiger partial charge on any atom is -0.497 e. The predicted octanol–water partition coefficient (Wildman–Crippen LogP) is 2.91. The number of fused-ring (bicyclic) bond motifs is 1. The van der Waals surface area contributed by atoms with Crippen LogP contribution in [0.25, 0.3) is 5.65 Å². The third-order valence-electron chi connectivity index (χ3n) is 4.54. The first-order chi connectivity index (χ1) is 12.7. The second kappa shape index (κ2) is 7.07. The Morgan fingerprint density at radius 2 is 2.08 bits per heavy atom. The number of carbonyl (C=O) groups excluding carboxylic acids is 1. The summed E-state index contributed by atoms with van der Waals surface area (Å²) in [5, 5.41) is 0. The van der Waals surface area contributed by atoms with Crippen LogP contribution in [0.4, 0.5) is 0 Å². The first-order valence-electron chi connectivity index (χ1n) is 8.72. The maximum absolute atomic E-state index is 12.8. The third kappa shape index (κ3) is 3.49. The number of benzene rings is 1. The minimum atomic E-state index is -0.0128. The van der Waals surface area contributed by atoms with E-state index in [1.165, 1.54) is 0 Å². The van der Waals surface area contributed by atoms with Crippen molar-refractivity contribution in [2.45, 2.75) is 25.4 Å². The molecule has 3 aromatic rings. The van der Waals surface area contributed by atoms with E-state index in [2.05, 4.69) is 4.98 Å². The molecule has 4 rings (SSSR count). The van der Waals surface area contributed by atoms with Crippen LogP contribution in [0.1, 0.15) is 18.5 Å². The standard InChI is InChI=1S/C20H21N3O3/c1-25-17-5-4-6-18(11-17)26-14-20(24)23(15-8-9-15)13-16-12-21-19-7-2-3-10-22(16)19/h2-7,10-12,15H,8-9,13-14H2,1H3. The fourth-order valence-corrected chi connectivity index (χ4v) is 3.00. The molecule has 2 heterocycles. The Morgan fingerprint density at radius 1 is 1.23 bits per heavy atom. The zero-order valence-electron chi connectivity index (χ0n) is 14.7. The molecule has 0 saturated heterocycles. The summed E-state index contributed by atoms with van der Waals surface area (Å²) in [6.45, 7) is 0.552. The van der Waals surface area contributed by atoms with Gasteiger partial charge >= 0.3 is 0 Å². The van der Waals surface area contributed by atoms with Crippen LogP contribution in [-0.4, -0.2) is 40.0 Å². The van der Waals surface area contributed by atoms with Crippen molar-refractivity contribution in [1.82, 2.24) is 14.3 Å². The summed E-state index contributed by atoms with van der Waals surface area (Å²) in [4.78, 5) is 19.1. The molecule has 1 amide bonds. The molecule has 1 aromatic carbocycles. The van der Waals surface area contributed by atoms with Gasteiger partial charge in [0, 0.05) is 18.3 Å². The van der Waals surface area contributed by atoms with Crippen LogP contribution >= 0.6 is 0 Å². The van der Waals surface area contributed by atoms with Gasteiger partial charge in [0.05, 0.1) is 25.5 Å². The lowest BCUT2D eigenvalue weighted by Crippen LogP contribution is -2.36. The Morgan fingerprint density at radius 3 is 2.88 bits per heavy atom. The van der Waals surface area contributed by atoms with Gasteiger partial charge in [-0.05, 0) is 37.1 Å². The molecule has 0 spiro atoms. The van der Waals surface area contributed by atoms with E-state index in [4.69, 9.17) is 9.47 Å². The van der Waals surface area contributed by atoms with Crippen molar-refractivity contribution in [3.63, 3.8) is 0 Å². The number of pyridine rings is 1. The average Bonchev–Trinajstić information content (AvgIpc) is 3.45. The molecule has 0 aliphatic heterocycles. The van der Waals surface area contributed by atoms with E-state index in [1.807, 2.05) is 58.1 Å². The highest BCUT2D eigenvalue weighted by atomic mass is 16.5. The van der Waals surface area contributed by atoms with Gasteiger partial charge in [0.15, 0.2) is 6.61 Å². The van der Waals surface area contributed by atoms with Gasteiger partial charge in [-0.25, -0.2) is 4.98 Å². The molecule has 0 atom stereocenters. The topological polar surface area (TPSA) is 56.1 Å². The summed E-state index contributed by atoms with van der Waals surface area (Å²) >= 11 is 0. The number of ether oxygens (including phenoxy) is 2. The van der Waals surface area contributed by atoms with E-state index in [9.17, 15) is 4.79 Å². The molecule has 0 radical (unpaired) electrons. The van der Waals surface area contributed by atoms with Crippen molar-refractivity contribution in [1.29, 1.82) is 0 Å². The second-order valence-corrected chi connectivity index (χ2v) is 6.40. The van der Waals surface area contributed by atoms with Crippen molar-refractivity contribution in [2.24, 2.45) is 0 Å². The summed E-state index contributed by atoms with van der Waals surface area (Å²) < 4.78 is 12.9. The van der Waals surface area contributed by atoms with Crippen LogP contribution in [0.5, 0.6) is 11.5 Å². The van der Waals surface area contributed by atoms with E-state index in [0.29, 0.717) is 24.1 Å². The number of imidazole rings is 1. The molecule has 0 N–H and O–H groups in total. The highest BCUT2D eigenvalue weighted by Gasteiger charge is 2.33. The van der Waals surface area contributed by atoms with Crippen LogP contribution in [0.15, 0.2) is 54.9 Å². The van der Waals surface area contributed by atoms with E-state index in [1.54, 1.807) is 13.2 Å². The predicted molar refractivity (Wildman–Crippen MR) is 97.3 cm³/mol. The number of hydrogen-bond donors (Lipinski definition) is 0. The minimum absolute atomic E-state index is 0.0128. The summed E-state index contributed by atoms with van der Waals surface area (Å²) in [6.07, 6.45) is 5.89. The summed E-state index contributed by atoms with van der Waals surface area (Å²) in [5.74, 6) is 1.32. The van der Waals surface area contributed by atoms with Crippen LogP contribution < -0.4 is 9.47 Å². The number of aromatic nitrogens is 2. The van der Waals surface area contributed by atoms with Crippen molar-refractivity contribution in [2.75, 3.05) is 13.7 Å². The average molecular weight is 351 g/mol. The molecule has 26 heavy (non-hydrogen) atoms. The highest BCUT2D eigenvalue weighted by molar-refractivity contribution is 5.78. The molecule has 2 aromatic heterocycles. The lowest BCUT2D eigenvalue weighted by atomic mass is 10.3. The second-order valence-electron chi connectivity index (χ2n) is 6.40. The number of rotatable bonds is 7. The Kier molecular flexibility index (Phi) is 4.48. The lowest BCUT2D eigenvalue weighted by Gasteiger charge is -2.22. The van der Waals surface area contributed by atoms with Crippen LogP contribution in [0.3, 0.4) is 0 Å². The van der Waals surface area contributed by atoms with Gasteiger partial charge in [0.2, 0.25) is 0 Å². The Balaban J connectivity index is 1.45. The largest absolute Gasteiger partial charge is 0.497 e.